The average Bonchev–Trinajstić information content (AvgIpc) is 2.33. The van der Waals surface area contributed by atoms with E-state index < -0.39 is 0 Å². The van der Waals surface area contributed by atoms with Gasteiger partial charge in [0.15, 0.2) is 5.78 Å². The molecule has 2 rings (SSSR count). The molecule has 0 bridgehead atoms. The van der Waals surface area contributed by atoms with Crippen LogP contribution in [0.15, 0.2) is 12.3 Å². The smallest absolute Gasteiger partial charge is 0.159 e. The fourth-order valence-electron chi connectivity index (χ4n) is 1.75. The van der Waals surface area contributed by atoms with Crippen molar-refractivity contribution in [2.75, 3.05) is 6.54 Å². The molecule has 2 nitrogen and oxygen atoms in total. The van der Waals surface area contributed by atoms with Gasteiger partial charge < -0.3 is 4.90 Å². The van der Waals surface area contributed by atoms with Crippen LogP contribution < -0.4 is 0 Å². The SMILES string of the molecule is O=C1C=CN2CCC[C@H]2C1. The first-order valence-corrected chi connectivity index (χ1v) is 3.83. The molecule has 0 unspecified atom stereocenters. The highest BCUT2D eigenvalue weighted by molar-refractivity contribution is 5.90. The van der Waals surface area contributed by atoms with Crippen LogP contribution in [0.3, 0.4) is 0 Å². The molecule has 0 aliphatic carbocycles. The summed E-state index contributed by atoms with van der Waals surface area (Å²) in [6, 6.07) is 0.539. The summed E-state index contributed by atoms with van der Waals surface area (Å²) >= 11 is 0. The highest BCUT2D eigenvalue weighted by Gasteiger charge is 2.26. The minimum atomic E-state index is 0.295. The molecule has 2 heterocycles. The van der Waals surface area contributed by atoms with Crippen LogP contribution >= 0.6 is 0 Å². The molecule has 54 valence electrons. The summed E-state index contributed by atoms with van der Waals surface area (Å²) in [7, 11) is 0. The first-order chi connectivity index (χ1) is 4.86. The monoisotopic (exact) mass is 137 g/mol. The Bertz CT molecular complexity index is 186. The fraction of sp³-hybridized carbons (Fsp3) is 0.625. The molecule has 10 heavy (non-hydrogen) atoms. The van der Waals surface area contributed by atoms with Gasteiger partial charge >= 0.3 is 0 Å². The standard InChI is InChI=1S/C8H11NO/c10-8-3-5-9-4-1-2-7(9)6-8/h3,5,7H,1-2,4,6H2/t7-/m0/s1. The van der Waals surface area contributed by atoms with E-state index in [1.165, 1.54) is 12.8 Å². The Kier molecular flexibility index (Phi) is 1.26. The molecule has 2 aliphatic heterocycles. The molecule has 0 aromatic carbocycles. The van der Waals surface area contributed by atoms with Gasteiger partial charge in [-0.3, -0.25) is 4.79 Å². The van der Waals surface area contributed by atoms with Crippen molar-refractivity contribution in [1.82, 2.24) is 4.90 Å². The van der Waals surface area contributed by atoms with Gasteiger partial charge in [0, 0.05) is 25.2 Å². The van der Waals surface area contributed by atoms with Crippen LogP contribution in [-0.4, -0.2) is 23.3 Å². The van der Waals surface area contributed by atoms with E-state index in [1.54, 1.807) is 6.08 Å². The maximum absolute atomic E-state index is 10.9. The molecule has 2 aliphatic rings. The summed E-state index contributed by atoms with van der Waals surface area (Å²) in [6.45, 7) is 1.15. The number of carbonyl (C=O) groups is 1. The second-order valence-electron chi connectivity index (χ2n) is 3.02. The molecule has 1 saturated heterocycles. The Hall–Kier alpha value is -0.790. The second-order valence-corrected chi connectivity index (χ2v) is 3.02. The lowest BCUT2D eigenvalue weighted by atomic mass is 10.1. The van der Waals surface area contributed by atoms with E-state index in [0.717, 1.165) is 13.0 Å². The summed E-state index contributed by atoms with van der Waals surface area (Å²) in [5.41, 5.74) is 0. The van der Waals surface area contributed by atoms with Crippen LogP contribution in [0.5, 0.6) is 0 Å². The third kappa shape index (κ3) is 0.838. The highest BCUT2D eigenvalue weighted by Crippen LogP contribution is 2.23. The van der Waals surface area contributed by atoms with E-state index in [2.05, 4.69) is 4.90 Å². The van der Waals surface area contributed by atoms with Gasteiger partial charge in [-0.15, -0.1) is 0 Å². The zero-order chi connectivity index (χ0) is 6.97. The first-order valence-electron chi connectivity index (χ1n) is 3.83. The largest absolute Gasteiger partial charge is 0.374 e. The van der Waals surface area contributed by atoms with Crippen molar-refractivity contribution in [1.29, 1.82) is 0 Å². The van der Waals surface area contributed by atoms with Gasteiger partial charge in [-0.2, -0.15) is 0 Å². The van der Waals surface area contributed by atoms with Crippen LogP contribution in [0, 0.1) is 0 Å². The van der Waals surface area contributed by atoms with E-state index in [1.807, 2.05) is 6.20 Å². The molecular formula is C8H11NO. The van der Waals surface area contributed by atoms with Gasteiger partial charge in [0.05, 0.1) is 0 Å². The van der Waals surface area contributed by atoms with Gasteiger partial charge in [0.2, 0.25) is 0 Å². The number of allylic oxidation sites excluding steroid dienone is 1. The molecule has 0 amide bonds. The molecule has 1 atom stereocenters. The number of rotatable bonds is 0. The molecule has 0 N–H and O–H groups in total. The van der Waals surface area contributed by atoms with Crippen LogP contribution in [0.4, 0.5) is 0 Å². The van der Waals surface area contributed by atoms with Gasteiger partial charge in [-0.1, -0.05) is 0 Å². The van der Waals surface area contributed by atoms with E-state index in [0.29, 0.717) is 11.8 Å². The minimum absolute atomic E-state index is 0.295. The summed E-state index contributed by atoms with van der Waals surface area (Å²) in [4.78, 5) is 13.2. The Labute approximate surface area is 60.5 Å². The fourth-order valence-corrected chi connectivity index (χ4v) is 1.75. The first kappa shape index (κ1) is 5.96. The van der Waals surface area contributed by atoms with Crippen molar-refractivity contribution >= 4 is 5.78 Å². The summed E-state index contributed by atoms with van der Waals surface area (Å²) in [5.74, 6) is 0.295. The van der Waals surface area contributed by atoms with E-state index in [4.69, 9.17) is 0 Å². The van der Waals surface area contributed by atoms with Crippen molar-refractivity contribution in [3.8, 4) is 0 Å². The summed E-state index contributed by atoms with van der Waals surface area (Å²) < 4.78 is 0. The second kappa shape index (κ2) is 2.11. The summed E-state index contributed by atoms with van der Waals surface area (Å²) in [5, 5.41) is 0. The van der Waals surface area contributed by atoms with E-state index in [-0.39, 0.29) is 0 Å². The minimum Gasteiger partial charge on any atom is -0.374 e. The van der Waals surface area contributed by atoms with Gasteiger partial charge in [-0.05, 0) is 18.9 Å². The van der Waals surface area contributed by atoms with Crippen molar-refractivity contribution in [2.45, 2.75) is 25.3 Å². The van der Waals surface area contributed by atoms with Crippen LogP contribution in [0.2, 0.25) is 0 Å². The van der Waals surface area contributed by atoms with Crippen molar-refractivity contribution in [2.24, 2.45) is 0 Å². The zero-order valence-corrected chi connectivity index (χ0v) is 5.92. The Morgan fingerprint density at radius 2 is 2.50 bits per heavy atom. The van der Waals surface area contributed by atoms with E-state index in [9.17, 15) is 4.79 Å². The predicted octanol–water partition coefficient (Wildman–Crippen LogP) is 0.937. The van der Waals surface area contributed by atoms with Crippen LogP contribution in [0.1, 0.15) is 19.3 Å². The molecule has 0 spiro atoms. The Morgan fingerprint density at radius 3 is 3.40 bits per heavy atom. The Balaban J connectivity index is 2.16. The molecular weight excluding hydrogens is 126 g/mol. The van der Waals surface area contributed by atoms with Crippen LogP contribution in [0.25, 0.3) is 0 Å². The molecule has 0 aromatic rings. The van der Waals surface area contributed by atoms with Gasteiger partial charge in [0.25, 0.3) is 0 Å². The quantitative estimate of drug-likeness (QED) is 0.495. The zero-order valence-electron chi connectivity index (χ0n) is 5.92. The van der Waals surface area contributed by atoms with Crippen molar-refractivity contribution < 1.29 is 4.79 Å². The van der Waals surface area contributed by atoms with E-state index >= 15 is 0 Å². The average molecular weight is 137 g/mol. The lowest BCUT2D eigenvalue weighted by molar-refractivity contribution is -0.116. The predicted molar refractivity (Wildman–Crippen MR) is 38.5 cm³/mol. The van der Waals surface area contributed by atoms with Crippen molar-refractivity contribution in [3.05, 3.63) is 12.3 Å². The topological polar surface area (TPSA) is 20.3 Å². The third-order valence-corrected chi connectivity index (χ3v) is 2.31. The summed E-state index contributed by atoms with van der Waals surface area (Å²) in [6.07, 6.45) is 6.85. The molecule has 2 heteroatoms. The number of fused-ring (bicyclic) bond motifs is 1. The molecule has 0 aromatic heterocycles. The molecule has 0 saturated carbocycles. The third-order valence-electron chi connectivity index (χ3n) is 2.31. The maximum Gasteiger partial charge on any atom is 0.159 e. The number of carbonyl (C=O) groups excluding carboxylic acids is 1. The van der Waals surface area contributed by atoms with Gasteiger partial charge in [-0.25, -0.2) is 0 Å². The maximum atomic E-state index is 10.9. The lowest BCUT2D eigenvalue weighted by Gasteiger charge is -2.24. The molecule has 0 radical (unpaired) electrons. The number of hydrogen-bond donors (Lipinski definition) is 0. The van der Waals surface area contributed by atoms with Crippen molar-refractivity contribution in [3.63, 3.8) is 0 Å². The Morgan fingerprint density at radius 1 is 1.60 bits per heavy atom. The highest BCUT2D eigenvalue weighted by atomic mass is 16.1. The number of nitrogens with zero attached hydrogens (tertiary/aromatic N) is 1. The number of hydrogen-bond acceptors (Lipinski definition) is 2. The van der Waals surface area contributed by atoms with Gasteiger partial charge in [0.1, 0.15) is 0 Å². The normalized spacial score (nSPS) is 31.0. The number of ketones is 1. The lowest BCUT2D eigenvalue weighted by Crippen LogP contribution is -2.29. The molecule has 1 fully saturated rings. The van der Waals surface area contributed by atoms with Crippen LogP contribution in [-0.2, 0) is 4.79 Å².